The molecule has 4 nitrogen and oxygen atoms in total. The first-order chi connectivity index (χ1) is 31.1. The van der Waals surface area contributed by atoms with E-state index in [1.165, 1.54) is 66.8 Å². The molecule has 0 aliphatic rings. The van der Waals surface area contributed by atoms with E-state index in [2.05, 4.69) is 201 Å². The van der Waals surface area contributed by atoms with E-state index in [1.54, 1.807) is 0 Å². The minimum Gasteiger partial charge on any atom is -0.251 e. The highest BCUT2D eigenvalue weighted by Crippen LogP contribution is 2.39. The number of rotatable bonds is 8. The second-order valence-electron chi connectivity index (χ2n) is 17.2. The Hall–Kier alpha value is -7.04. The zero-order chi connectivity index (χ0) is 44.5. The summed E-state index contributed by atoms with van der Waals surface area (Å²) in [6.45, 7) is 17.2. The van der Waals surface area contributed by atoms with Crippen molar-refractivity contribution in [1.29, 1.82) is 0 Å². The van der Waals surface area contributed by atoms with E-state index in [9.17, 15) is 0 Å². The molecule has 10 aromatic rings. The fourth-order valence-electron chi connectivity index (χ4n) is 8.93. The number of hydrogen-bond donors (Lipinski definition) is 0. The molecular formula is C60H56N4. The van der Waals surface area contributed by atoms with Gasteiger partial charge in [0, 0.05) is 44.3 Å². The van der Waals surface area contributed by atoms with Crippen LogP contribution in [0.15, 0.2) is 146 Å². The fraction of sp³-hybridized carbons (Fsp3) is 0.200. The Labute approximate surface area is 378 Å². The normalized spacial score (nSPS) is 11.4. The third-order valence-electron chi connectivity index (χ3n) is 12.6. The standard InChI is InChI=1S/2C30H28N2/c1-5-23-17-27(21-11-7-19(3)8-12-21)25-15-16-26-28(22-13-9-20(4)10-14-22)18-24(6-2)32-30(26)29(25)31-23;1-5-23-17-27(21-11-7-9-19(3)15-21)25-13-14-26-28(22-12-8-10-20(4)16-22)18-24(6-2)32-30(26)29(25)31-23/h2*7-18H,5-6H2,1-4H3. The summed E-state index contributed by atoms with van der Waals surface area (Å²) in [7, 11) is 0. The molecule has 0 aliphatic carbocycles. The van der Waals surface area contributed by atoms with Crippen LogP contribution in [0.25, 0.3) is 88.1 Å². The lowest BCUT2D eigenvalue weighted by Gasteiger charge is -2.15. The molecule has 0 amide bonds. The van der Waals surface area contributed by atoms with Crippen molar-refractivity contribution >= 4 is 43.6 Å². The van der Waals surface area contributed by atoms with Crippen LogP contribution in [-0.2, 0) is 25.7 Å². The number of fused-ring (bicyclic) bond motifs is 6. The molecule has 0 atom stereocenters. The van der Waals surface area contributed by atoms with Gasteiger partial charge in [0.25, 0.3) is 0 Å². The Bertz CT molecular complexity index is 3120. The largest absolute Gasteiger partial charge is 0.251 e. The maximum atomic E-state index is 5.10. The molecule has 0 aliphatic heterocycles. The lowest BCUT2D eigenvalue weighted by atomic mass is 9.94. The molecule has 0 fully saturated rings. The Morgan fingerprint density at radius 3 is 0.828 bits per heavy atom. The van der Waals surface area contributed by atoms with Gasteiger partial charge in [0.05, 0.1) is 22.1 Å². The second-order valence-corrected chi connectivity index (χ2v) is 17.2. The highest BCUT2D eigenvalue weighted by molar-refractivity contribution is 6.13. The van der Waals surface area contributed by atoms with Crippen molar-refractivity contribution in [2.75, 3.05) is 0 Å². The van der Waals surface area contributed by atoms with E-state index in [-0.39, 0.29) is 0 Å². The van der Waals surface area contributed by atoms with E-state index in [1.807, 2.05) is 0 Å². The minimum atomic E-state index is 0.892. The lowest BCUT2D eigenvalue weighted by molar-refractivity contribution is 1.05. The summed E-state index contributed by atoms with van der Waals surface area (Å²) in [5, 5.41) is 4.65. The number of benzene rings is 6. The first kappa shape index (κ1) is 42.3. The molecule has 0 radical (unpaired) electrons. The maximum absolute atomic E-state index is 5.10. The number of aromatic nitrogens is 4. The smallest absolute Gasteiger partial charge is 0.0974 e. The number of aryl methyl sites for hydroxylation is 8. The first-order valence-electron chi connectivity index (χ1n) is 22.9. The van der Waals surface area contributed by atoms with Gasteiger partial charge in [-0.15, -0.1) is 0 Å². The van der Waals surface area contributed by atoms with E-state index >= 15 is 0 Å². The average Bonchev–Trinajstić information content (AvgIpc) is 3.33. The molecular weight excluding hydrogens is 777 g/mol. The molecule has 0 saturated carbocycles. The summed E-state index contributed by atoms with van der Waals surface area (Å²) in [6, 6.07) is 52.9. The second kappa shape index (κ2) is 18.0. The topological polar surface area (TPSA) is 51.6 Å². The zero-order valence-electron chi connectivity index (χ0n) is 38.5. The summed E-state index contributed by atoms with van der Waals surface area (Å²) < 4.78 is 0. The molecule has 64 heavy (non-hydrogen) atoms. The van der Waals surface area contributed by atoms with Gasteiger partial charge in [-0.3, -0.25) is 19.9 Å². The molecule has 0 spiro atoms. The number of hydrogen-bond acceptors (Lipinski definition) is 4. The summed E-state index contributed by atoms with van der Waals surface area (Å²) in [6.07, 6.45) is 3.57. The van der Waals surface area contributed by atoms with Crippen molar-refractivity contribution in [3.8, 4) is 44.5 Å². The van der Waals surface area contributed by atoms with E-state index < -0.39 is 0 Å². The average molecular weight is 833 g/mol. The molecule has 0 saturated heterocycles. The van der Waals surface area contributed by atoms with Gasteiger partial charge in [-0.25, -0.2) is 0 Å². The van der Waals surface area contributed by atoms with Crippen LogP contribution in [0.5, 0.6) is 0 Å². The molecule has 4 aromatic heterocycles. The van der Waals surface area contributed by atoms with Crippen molar-refractivity contribution in [2.45, 2.75) is 81.1 Å². The number of nitrogens with zero attached hydrogens (tertiary/aromatic N) is 4. The minimum absolute atomic E-state index is 0.892. The molecule has 4 heterocycles. The van der Waals surface area contributed by atoms with Crippen molar-refractivity contribution in [3.05, 3.63) is 191 Å². The van der Waals surface area contributed by atoms with Crippen LogP contribution in [0, 0.1) is 27.7 Å². The highest BCUT2D eigenvalue weighted by Gasteiger charge is 2.17. The Morgan fingerprint density at radius 2 is 0.562 bits per heavy atom. The lowest BCUT2D eigenvalue weighted by Crippen LogP contribution is -1.97. The Kier molecular flexibility index (Phi) is 11.9. The molecule has 0 bridgehead atoms. The van der Waals surface area contributed by atoms with Gasteiger partial charge < -0.3 is 0 Å². The van der Waals surface area contributed by atoms with Crippen LogP contribution in [-0.4, -0.2) is 19.9 Å². The molecule has 0 N–H and O–H groups in total. The van der Waals surface area contributed by atoms with Gasteiger partial charge in [-0.05, 0) is 122 Å². The van der Waals surface area contributed by atoms with Crippen molar-refractivity contribution < 1.29 is 0 Å². The van der Waals surface area contributed by atoms with Crippen molar-refractivity contribution in [2.24, 2.45) is 0 Å². The van der Waals surface area contributed by atoms with E-state index in [0.29, 0.717) is 0 Å². The summed E-state index contributed by atoms with van der Waals surface area (Å²) in [5.74, 6) is 0. The van der Waals surface area contributed by atoms with Crippen LogP contribution in [0.3, 0.4) is 0 Å². The van der Waals surface area contributed by atoms with Crippen LogP contribution in [0.2, 0.25) is 0 Å². The molecule has 316 valence electrons. The Balaban J connectivity index is 0.000000162. The monoisotopic (exact) mass is 832 g/mol. The van der Waals surface area contributed by atoms with Gasteiger partial charge in [0.1, 0.15) is 0 Å². The van der Waals surface area contributed by atoms with Gasteiger partial charge in [0.2, 0.25) is 0 Å². The Morgan fingerprint density at radius 1 is 0.281 bits per heavy atom. The summed E-state index contributed by atoms with van der Waals surface area (Å²) in [5.41, 5.74) is 23.3. The molecule has 0 unspecified atom stereocenters. The van der Waals surface area contributed by atoms with Gasteiger partial charge in [-0.2, -0.15) is 0 Å². The van der Waals surface area contributed by atoms with Gasteiger partial charge in [-0.1, -0.05) is 171 Å². The van der Waals surface area contributed by atoms with Crippen LogP contribution in [0.4, 0.5) is 0 Å². The fourth-order valence-corrected chi connectivity index (χ4v) is 8.93. The van der Waals surface area contributed by atoms with Crippen molar-refractivity contribution in [1.82, 2.24) is 19.9 Å². The quantitative estimate of drug-likeness (QED) is 0.143. The predicted molar refractivity (Wildman–Crippen MR) is 272 cm³/mol. The van der Waals surface area contributed by atoms with Crippen LogP contribution < -0.4 is 0 Å². The number of pyridine rings is 4. The highest BCUT2D eigenvalue weighted by atomic mass is 14.8. The van der Waals surface area contributed by atoms with Gasteiger partial charge >= 0.3 is 0 Å². The molecule has 4 heteroatoms. The van der Waals surface area contributed by atoms with E-state index in [0.717, 1.165) is 92.1 Å². The van der Waals surface area contributed by atoms with Gasteiger partial charge in [0.15, 0.2) is 0 Å². The van der Waals surface area contributed by atoms with Crippen molar-refractivity contribution in [3.63, 3.8) is 0 Å². The van der Waals surface area contributed by atoms with Crippen LogP contribution in [0.1, 0.15) is 72.7 Å². The van der Waals surface area contributed by atoms with E-state index in [4.69, 9.17) is 19.9 Å². The SMILES string of the molecule is CCc1cc(-c2ccc(C)cc2)c2ccc3c(-c4ccc(C)cc4)cc(CC)nc3c2n1.CCc1cc(-c2cccc(C)c2)c2ccc3c(-c4cccc(C)c4)cc(CC)nc3c2n1. The predicted octanol–water partition coefficient (Wildman–Crippen LogP) is 15.7. The van der Waals surface area contributed by atoms with Crippen LogP contribution >= 0.6 is 0 Å². The first-order valence-corrected chi connectivity index (χ1v) is 22.9. The third-order valence-corrected chi connectivity index (χ3v) is 12.6. The molecule has 6 aromatic carbocycles. The third kappa shape index (κ3) is 8.29. The summed E-state index contributed by atoms with van der Waals surface area (Å²) >= 11 is 0. The molecule has 10 rings (SSSR count). The maximum Gasteiger partial charge on any atom is 0.0974 e. The summed E-state index contributed by atoms with van der Waals surface area (Å²) in [4.78, 5) is 20.4. The zero-order valence-corrected chi connectivity index (χ0v) is 38.5.